The number of phenolic OH excluding ortho intramolecular Hbond substituents is 1. The first kappa shape index (κ1) is 10.6. The van der Waals surface area contributed by atoms with Crippen molar-refractivity contribution in [3.05, 3.63) is 35.0 Å². The Labute approximate surface area is 85.1 Å². The minimum Gasteiger partial charge on any atom is -0.508 e. The molecule has 2 nitrogen and oxygen atoms in total. The fourth-order valence-corrected chi connectivity index (χ4v) is 1.63. The van der Waals surface area contributed by atoms with Crippen molar-refractivity contribution in [3.63, 3.8) is 0 Å². The van der Waals surface area contributed by atoms with Gasteiger partial charge in [-0.05, 0) is 43.0 Å². The monoisotopic (exact) mass is 191 g/mol. The highest BCUT2D eigenvalue weighted by Crippen LogP contribution is 2.28. The topological polar surface area (TPSA) is 46.2 Å². The smallest absolute Gasteiger partial charge is 0.119 e. The highest BCUT2D eigenvalue weighted by molar-refractivity contribution is 5.71. The second-order valence-corrected chi connectivity index (χ2v) is 3.46. The number of hydrogen-bond donors (Lipinski definition) is 2. The van der Waals surface area contributed by atoms with Crippen LogP contribution in [0.3, 0.4) is 0 Å². The van der Waals surface area contributed by atoms with E-state index in [0.717, 1.165) is 28.8 Å². The summed E-state index contributed by atoms with van der Waals surface area (Å²) in [5.41, 5.74) is 9.67. The normalized spacial score (nSPS) is 12.5. The van der Waals surface area contributed by atoms with Gasteiger partial charge in [0.05, 0.1) is 0 Å². The Kier molecular flexibility index (Phi) is 3.18. The molecule has 0 radical (unpaired) electrons. The van der Waals surface area contributed by atoms with Crippen molar-refractivity contribution in [2.45, 2.75) is 27.2 Å². The van der Waals surface area contributed by atoms with Crippen LogP contribution in [0.1, 0.15) is 31.4 Å². The second-order valence-electron chi connectivity index (χ2n) is 3.46. The van der Waals surface area contributed by atoms with Crippen molar-refractivity contribution in [1.29, 1.82) is 0 Å². The summed E-state index contributed by atoms with van der Waals surface area (Å²) >= 11 is 0. The Hall–Kier alpha value is -1.44. The lowest BCUT2D eigenvalue weighted by atomic mass is 9.97. The molecule has 0 fully saturated rings. The van der Waals surface area contributed by atoms with Crippen LogP contribution in [-0.2, 0) is 0 Å². The van der Waals surface area contributed by atoms with Gasteiger partial charge in [-0.2, -0.15) is 0 Å². The zero-order valence-corrected chi connectivity index (χ0v) is 8.96. The standard InChI is InChI=1S/C12H17NO/c1-4-10(9(3)13)11-6-5-7-12(14)8(11)2/h5-7,14H,4,13H2,1-3H3/b10-9-. The van der Waals surface area contributed by atoms with Crippen molar-refractivity contribution in [3.8, 4) is 5.75 Å². The summed E-state index contributed by atoms with van der Waals surface area (Å²) in [5.74, 6) is 0.328. The van der Waals surface area contributed by atoms with Crippen LogP contribution in [-0.4, -0.2) is 5.11 Å². The number of benzene rings is 1. The van der Waals surface area contributed by atoms with E-state index in [-0.39, 0.29) is 0 Å². The summed E-state index contributed by atoms with van der Waals surface area (Å²) in [6.07, 6.45) is 0.882. The molecule has 0 aliphatic heterocycles. The molecule has 1 rings (SSSR count). The molecule has 0 heterocycles. The highest BCUT2D eigenvalue weighted by atomic mass is 16.3. The average molecular weight is 191 g/mol. The van der Waals surface area contributed by atoms with E-state index in [9.17, 15) is 5.11 Å². The van der Waals surface area contributed by atoms with Crippen LogP contribution in [0.5, 0.6) is 5.75 Å². The number of aromatic hydroxyl groups is 1. The average Bonchev–Trinajstić information content (AvgIpc) is 2.13. The van der Waals surface area contributed by atoms with Crippen LogP contribution in [0.4, 0.5) is 0 Å². The van der Waals surface area contributed by atoms with Crippen LogP contribution in [0.2, 0.25) is 0 Å². The van der Waals surface area contributed by atoms with E-state index >= 15 is 0 Å². The molecular weight excluding hydrogens is 174 g/mol. The SMILES string of the molecule is CC/C(=C(\C)N)c1cccc(O)c1C. The van der Waals surface area contributed by atoms with Gasteiger partial charge in [-0.3, -0.25) is 0 Å². The number of nitrogens with two attached hydrogens (primary N) is 1. The Morgan fingerprint density at radius 1 is 1.43 bits per heavy atom. The van der Waals surface area contributed by atoms with Crippen LogP contribution in [0, 0.1) is 6.92 Å². The lowest BCUT2D eigenvalue weighted by Crippen LogP contribution is -1.99. The Morgan fingerprint density at radius 3 is 2.57 bits per heavy atom. The van der Waals surface area contributed by atoms with Gasteiger partial charge >= 0.3 is 0 Å². The van der Waals surface area contributed by atoms with E-state index in [0.29, 0.717) is 5.75 Å². The van der Waals surface area contributed by atoms with Crippen LogP contribution >= 0.6 is 0 Å². The number of allylic oxidation sites excluding steroid dienone is 2. The van der Waals surface area contributed by atoms with E-state index in [1.54, 1.807) is 6.07 Å². The van der Waals surface area contributed by atoms with Gasteiger partial charge < -0.3 is 10.8 Å². The molecule has 1 aromatic carbocycles. The third-order valence-electron chi connectivity index (χ3n) is 2.46. The first-order valence-corrected chi connectivity index (χ1v) is 4.82. The van der Waals surface area contributed by atoms with Crippen LogP contribution < -0.4 is 5.73 Å². The maximum absolute atomic E-state index is 9.56. The quantitative estimate of drug-likeness (QED) is 0.755. The molecule has 0 aromatic heterocycles. The molecule has 0 saturated heterocycles. The van der Waals surface area contributed by atoms with E-state index in [1.165, 1.54) is 0 Å². The minimum absolute atomic E-state index is 0.328. The number of phenols is 1. The lowest BCUT2D eigenvalue weighted by molar-refractivity contribution is 0.471. The van der Waals surface area contributed by atoms with E-state index in [2.05, 4.69) is 6.92 Å². The molecule has 0 atom stereocenters. The summed E-state index contributed by atoms with van der Waals surface area (Å²) in [4.78, 5) is 0. The Morgan fingerprint density at radius 2 is 2.07 bits per heavy atom. The first-order valence-electron chi connectivity index (χ1n) is 4.82. The number of rotatable bonds is 2. The molecule has 0 saturated carbocycles. The van der Waals surface area contributed by atoms with Gasteiger partial charge in [-0.1, -0.05) is 19.1 Å². The second kappa shape index (κ2) is 4.18. The van der Waals surface area contributed by atoms with E-state index in [4.69, 9.17) is 5.73 Å². The summed E-state index contributed by atoms with van der Waals surface area (Å²) in [7, 11) is 0. The third kappa shape index (κ3) is 1.90. The van der Waals surface area contributed by atoms with Crippen molar-refractivity contribution in [1.82, 2.24) is 0 Å². The van der Waals surface area contributed by atoms with Crippen LogP contribution in [0.25, 0.3) is 5.57 Å². The van der Waals surface area contributed by atoms with E-state index in [1.807, 2.05) is 26.0 Å². The molecule has 0 aliphatic carbocycles. The molecule has 0 aliphatic rings. The fraction of sp³-hybridized carbons (Fsp3) is 0.333. The molecule has 0 unspecified atom stereocenters. The van der Waals surface area contributed by atoms with Gasteiger partial charge in [-0.25, -0.2) is 0 Å². The molecular formula is C12H17NO. The zero-order valence-electron chi connectivity index (χ0n) is 8.96. The van der Waals surface area contributed by atoms with Crippen molar-refractivity contribution in [2.24, 2.45) is 5.73 Å². The largest absolute Gasteiger partial charge is 0.508 e. The summed E-state index contributed by atoms with van der Waals surface area (Å²) in [6, 6.07) is 5.53. The fourth-order valence-electron chi connectivity index (χ4n) is 1.63. The van der Waals surface area contributed by atoms with Crippen molar-refractivity contribution in [2.75, 3.05) is 0 Å². The predicted molar refractivity (Wildman–Crippen MR) is 59.9 cm³/mol. The van der Waals surface area contributed by atoms with Gasteiger partial charge in [0.15, 0.2) is 0 Å². The molecule has 1 aromatic rings. The highest BCUT2D eigenvalue weighted by Gasteiger charge is 2.07. The summed E-state index contributed by atoms with van der Waals surface area (Å²) < 4.78 is 0. The minimum atomic E-state index is 0.328. The summed E-state index contributed by atoms with van der Waals surface area (Å²) in [6.45, 7) is 5.86. The van der Waals surface area contributed by atoms with Crippen molar-refractivity contribution >= 4 is 5.57 Å². The van der Waals surface area contributed by atoms with Gasteiger partial charge in [0, 0.05) is 5.70 Å². The molecule has 0 bridgehead atoms. The van der Waals surface area contributed by atoms with Crippen molar-refractivity contribution < 1.29 is 5.11 Å². The Bertz CT molecular complexity index is 363. The third-order valence-corrected chi connectivity index (χ3v) is 2.46. The van der Waals surface area contributed by atoms with Gasteiger partial charge in [0.25, 0.3) is 0 Å². The maximum atomic E-state index is 9.56. The van der Waals surface area contributed by atoms with Crippen LogP contribution in [0.15, 0.2) is 23.9 Å². The molecule has 14 heavy (non-hydrogen) atoms. The first-order chi connectivity index (χ1) is 6.57. The Balaban J connectivity index is 3.32. The predicted octanol–water partition coefficient (Wildman–Crippen LogP) is 2.80. The molecule has 0 amide bonds. The zero-order chi connectivity index (χ0) is 10.7. The van der Waals surface area contributed by atoms with Gasteiger partial charge in [0.1, 0.15) is 5.75 Å². The number of hydrogen-bond acceptors (Lipinski definition) is 2. The van der Waals surface area contributed by atoms with E-state index < -0.39 is 0 Å². The van der Waals surface area contributed by atoms with Gasteiger partial charge in [-0.15, -0.1) is 0 Å². The molecule has 2 heteroatoms. The van der Waals surface area contributed by atoms with Gasteiger partial charge in [0.2, 0.25) is 0 Å². The lowest BCUT2D eigenvalue weighted by Gasteiger charge is -2.11. The summed E-state index contributed by atoms with van der Waals surface area (Å²) in [5, 5.41) is 9.56. The molecule has 3 N–H and O–H groups in total. The molecule has 76 valence electrons. The maximum Gasteiger partial charge on any atom is 0.119 e. The molecule has 0 spiro atoms.